The number of carbonyl (C=O) groups excluding carboxylic acids is 3. The van der Waals surface area contributed by atoms with Gasteiger partial charge in [-0.15, -0.1) is 0 Å². The zero-order valence-electron chi connectivity index (χ0n) is 14.9. The molecular weight excluding hydrogens is 324 g/mol. The van der Waals surface area contributed by atoms with E-state index in [-0.39, 0.29) is 17.5 Å². The molecule has 1 amide bonds. The highest BCUT2D eigenvalue weighted by Gasteiger charge is 2.38. The fourth-order valence-electron chi connectivity index (χ4n) is 2.19. The minimum absolute atomic E-state index is 0.0162. The predicted molar refractivity (Wildman–Crippen MR) is 91.7 cm³/mol. The zero-order chi connectivity index (χ0) is 18.8. The number of benzene rings is 1. The lowest BCUT2D eigenvalue weighted by Gasteiger charge is -2.29. The first-order valence-corrected chi connectivity index (χ1v) is 7.94. The van der Waals surface area contributed by atoms with Crippen LogP contribution < -0.4 is 10.6 Å². The highest BCUT2D eigenvalue weighted by Crippen LogP contribution is 2.23. The zero-order valence-corrected chi connectivity index (χ0v) is 14.9. The summed E-state index contributed by atoms with van der Waals surface area (Å²) in [4.78, 5) is 36.0. The van der Waals surface area contributed by atoms with Gasteiger partial charge >= 0.3 is 11.9 Å². The fraction of sp³-hybridized carbons (Fsp3) is 0.389. The van der Waals surface area contributed by atoms with Crippen LogP contribution in [0.5, 0.6) is 0 Å². The molecular formula is C18H22N2O5. The fourth-order valence-corrected chi connectivity index (χ4v) is 2.19. The predicted octanol–water partition coefficient (Wildman–Crippen LogP) is 2.27. The smallest absolute Gasteiger partial charge is 0.350 e. The molecule has 1 fully saturated rings. The van der Waals surface area contributed by atoms with Crippen LogP contribution in [-0.2, 0) is 19.1 Å². The second-order valence-electron chi connectivity index (χ2n) is 6.54. The van der Waals surface area contributed by atoms with E-state index in [0.717, 1.165) is 5.56 Å². The summed E-state index contributed by atoms with van der Waals surface area (Å²) in [7, 11) is 0. The number of amides is 1. The van der Waals surface area contributed by atoms with Crippen molar-refractivity contribution in [2.45, 2.75) is 46.4 Å². The van der Waals surface area contributed by atoms with Crippen LogP contribution in [0.3, 0.4) is 0 Å². The van der Waals surface area contributed by atoms with E-state index in [1.165, 1.54) is 20.0 Å². The number of hydrogen-bond acceptors (Lipinski definition) is 6. The summed E-state index contributed by atoms with van der Waals surface area (Å²) in [6, 6.07) is 5.14. The quantitative estimate of drug-likeness (QED) is 0.493. The SMILES string of the molecule is Cc1ccc(C(=O)NC(C)C)cc1NC=C1C(=O)OC(C)(C)OC1=O. The number of cyclic esters (lactones) is 2. The van der Waals surface area contributed by atoms with Gasteiger partial charge in [-0.2, -0.15) is 0 Å². The summed E-state index contributed by atoms with van der Waals surface area (Å²) in [5.74, 6) is -3.01. The number of nitrogens with one attached hydrogen (secondary N) is 2. The van der Waals surface area contributed by atoms with E-state index >= 15 is 0 Å². The van der Waals surface area contributed by atoms with Crippen LogP contribution in [0.15, 0.2) is 30.0 Å². The molecule has 25 heavy (non-hydrogen) atoms. The summed E-state index contributed by atoms with van der Waals surface area (Å²) >= 11 is 0. The van der Waals surface area contributed by atoms with Crippen molar-refractivity contribution in [3.05, 3.63) is 41.1 Å². The van der Waals surface area contributed by atoms with Crippen LogP contribution >= 0.6 is 0 Å². The molecule has 1 aromatic rings. The molecule has 0 aromatic heterocycles. The van der Waals surface area contributed by atoms with Gasteiger partial charge in [0, 0.05) is 37.3 Å². The topological polar surface area (TPSA) is 93.7 Å². The van der Waals surface area contributed by atoms with Crippen LogP contribution in [-0.4, -0.2) is 29.7 Å². The highest BCUT2D eigenvalue weighted by molar-refractivity contribution is 6.15. The van der Waals surface area contributed by atoms with E-state index in [9.17, 15) is 14.4 Å². The third-order valence-corrected chi connectivity index (χ3v) is 3.41. The van der Waals surface area contributed by atoms with Crippen LogP contribution in [0.25, 0.3) is 0 Å². The first kappa shape index (κ1) is 18.5. The van der Waals surface area contributed by atoms with Crippen molar-refractivity contribution in [3.8, 4) is 0 Å². The van der Waals surface area contributed by atoms with Crippen LogP contribution in [0.2, 0.25) is 0 Å². The molecule has 134 valence electrons. The molecule has 0 saturated carbocycles. The molecule has 1 aromatic carbocycles. The van der Waals surface area contributed by atoms with Gasteiger partial charge in [-0.1, -0.05) is 6.07 Å². The van der Waals surface area contributed by atoms with Crippen molar-refractivity contribution >= 4 is 23.5 Å². The average molecular weight is 346 g/mol. The van der Waals surface area contributed by atoms with E-state index in [2.05, 4.69) is 10.6 Å². The number of hydrogen-bond donors (Lipinski definition) is 2. The van der Waals surface area contributed by atoms with Crippen LogP contribution in [0.1, 0.15) is 43.6 Å². The molecule has 0 atom stereocenters. The van der Waals surface area contributed by atoms with Gasteiger partial charge in [0.25, 0.3) is 11.7 Å². The molecule has 0 unspecified atom stereocenters. The molecule has 7 nitrogen and oxygen atoms in total. The Morgan fingerprint density at radius 3 is 2.32 bits per heavy atom. The van der Waals surface area contributed by atoms with E-state index in [1.54, 1.807) is 18.2 Å². The van der Waals surface area contributed by atoms with Crippen molar-refractivity contribution < 1.29 is 23.9 Å². The number of esters is 2. The molecule has 0 aliphatic carbocycles. The largest absolute Gasteiger partial charge is 0.419 e. The van der Waals surface area contributed by atoms with Gasteiger partial charge in [-0.25, -0.2) is 9.59 Å². The summed E-state index contributed by atoms with van der Waals surface area (Å²) in [6.45, 7) is 8.54. The molecule has 1 saturated heterocycles. The van der Waals surface area contributed by atoms with Crippen molar-refractivity contribution in [3.63, 3.8) is 0 Å². The maximum atomic E-state index is 12.1. The molecule has 1 aliphatic rings. The lowest BCUT2D eigenvalue weighted by molar-refractivity contribution is -0.222. The lowest BCUT2D eigenvalue weighted by atomic mass is 10.1. The Hall–Kier alpha value is -2.83. The van der Waals surface area contributed by atoms with E-state index in [0.29, 0.717) is 11.3 Å². The van der Waals surface area contributed by atoms with E-state index in [4.69, 9.17) is 9.47 Å². The van der Waals surface area contributed by atoms with Gasteiger partial charge in [-0.3, -0.25) is 4.79 Å². The van der Waals surface area contributed by atoms with E-state index in [1.807, 2.05) is 20.8 Å². The number of rotatable bonds is 4. The van der Waals surface area contributed by atoms with Crippen molar-refractivity contribution in [1.82, 2.24) is 5.32 Å². The van der Waals surface area contributed by atoms with Gasteiger partial charge in [0.15, 0.2) is 5.57 Å². The molecule has 0 spiro atoms. The first-order valence-electron chi connectivity index (χ1n) is 7.94. The second-order valence-corrected chi connectivity index (χ2v) is 6.54. The molecule has 7 heteroatoms. The monoisotopic (exact) mass is 346 g/mol. The maximum absolute atomic E-state index is 12.1. The van der Waals surface area contributed by atoms with Gasteiger partial charge in [-0.05, 0) is 38.5 Å². The summed E-state index contributed by atoms with van der Waals surface area (Å²) in [6.07, 6.45) is 1.23. The first-order chi connectivity index (χ1) is 11.6. The number of carbonyl (C=O) groups is 3. The van der Waals surface area contributed by atoms with Gasteiger partial charge < -0.3 is 20.1 Å². The minimum Gasteiger partial charge on any atom is -0.419 e. The standard InChI is InChI=1S/C18H22N2O5/c1-10(2)20-15(21)12-7-6-11(3)14(8-12)19-9-13-16(22)24-18(4,5)25-17(13)23/h6-10,19H,1-5H3,(H,20,21). The Labute approximate surface area is 146 Å². The average Bonchev–Trinajstić information content (AvgIpc) is 2.46. The molecule has 0 bridgehead atoms. The van der Waals surface area contributed by atoms with Crippen LogP contribution in [0, 0.1) is 6.92 Å². The molecule has 2 N–H and O–H groups in total. The Morgan fingerprint density at radius 2 is 1.76 bits per heavy atom. The third kappa shape index (κ3) is 4.59. The van der Waals surface area contributed by atoms with Gasteiger partial charge in [0.05, 0.1) is 0 Å². The molecule has 0 radical (unpaired) electrons. The Balaban J connectivity index is 2.21. The molecule has 1 heterocycles. The number of anilines is 1. The summed E-state index contributed by atoms with van der Waals surface area (Å²) in [5, 5.41) is 5.68. The number of ether oxygens (including phenoxy) is 2. The van der Waals surface area contributed by atoms with Gasteiger partial charge in [0.2, 0.25) is 0 Å². The van der Waals surface area contributed by atoms with E-state index < -0.39 is 17.7 Å². The highest BCUT2D eigenvalue weighted by atomic mass is 16.7. The minimum atomic E-state index is -1.28. The number of aryl methyl sites for hydroxylation is 1. The van der Waals surface area contributed by atoms with Gasteiger partial charge in [0.1, 0.15) is 0 Å². The maximum Gasteiger partial charge on any atom is 0.350 e. The Bertz CT molecular complexity index is 728. The van der Waals surface area contributed by atoms with Crippen molar-refractivity contribution in [2.75, 3.05) is 5.32 Å². The Kier molecular flexibility index (Phi) is 5.15. The normalized spacial score (nSPS) is 16.2. The Morgan fingerprint density at radius 1 is 1.16 bits per heavy atom. The molecule has 1 aliphatic heterocycles. The summed E-state index contributed by atoms with van der Waals surface area (Å²) in [5.41, 5.74) is 1.66. The molecule has 2 rings (SSSR count). The lowest BCUT2D eigenvalue weighted by Crippen LogP contribution is -2.42. The van der Waals surface area contributed by atoms with Crippen molar-refractivity contribution in [1.29, 1.82) is 0 Å². The summed E-state index contributed by atoms with van der Waals surface area (Å²) < 4.78 is 10.1. The van der Waals surface area contributed by atoms with Crippen LogP contribution in [0.4, 0.5) is 5.69 Å². The third-order valence-electron chi connectivity index (χ3n) is 3.41. The van der Waals surface area contributed by atoms with Crippen molar-refractivity contribution in [2.24, 2.45) is 0 Å². The second kappa shape index (κ2) is 6.96.